The number of hydrogen-bond donors (Lipinski definition) is 2. The van der Waals surface area contributed by atoms with Crippen molar-refractivity contribution < 1.29 is 23.2 Å². The zero-order valence-corrected chi connectivity index (χ0v) is 24.1. The molecule has 7 heteroatoms. The van der Waals surface area contributed by atoms with Gasteiger partial charge in [0.25, 0.3) is 11.8 Å². The van der Waals surface area contributed by atoms with Crippen molar-refractivity contribution in [2.24, 2.45) is 5.92 Å². The number of halogens is 1. The minimum Gasteiger partial charge on any atom is -0.455 e. The number of allylic oxidation sites excluding steroid dienone is 1. The molecule has 2 N–H and O–H groups in total. The molecule has 0 fully saturated rings. The molecule has 0 spiro atoms. The van der Waals surface area contributed by atoms with Gasteiger partial charge in [-0.15, -0.1) is 0 Å². The highest BCUT2D eigenvalue weighted by molar-refractivity contribution is 6.12. The Hall–Kier alpha value is -5.30. The third-order valence-corrected chi connectivity index (χ3v) is 7.08. The molecule has 6 nitrogen and oxygen atoms in total. The van der Waals surface area contributed by atoms with Gasteiger partial charge in [0, 0.05) is 30.1 Å². The van der Waals surface area contributed by atoms with E-state index in [1.165, 1.54) is 18.2 Å². The first-order valence-electron chi connectivity index (χ1n) is 14.0. The summed E-state index contributed by atoms with van der Waals surface area (Å²) >= 11 is 0. The van der Waals surface area contributed by atoms with E-state index in [-0.39, 0.29) is 23.5 Å². The third kappa shape index (κ3) is 6.31. The summed E-state index contributed by atoms with van der Waals surface area (Å²) in [6.07, 6.45) is 3.87. The van der Waals surface area contributed by atoms with E-state index in [9.17, 15) is 18.8 Å². The first kappa shape index (κ1) is 29.2. The molecule has 43 heavy (non-hydrogen) atoms. The van der Waals surface area contributed by atoms with Gasteiger partial charge >= 0.3 is 0 Å². The smallest absolute Gasteiger partial charge is 0.255 e. The van der Waals surface area contributed by atoms with Crippen LogP contribution in [0.1, 0.15) is 40.1 Å². The normalized spacial score (nSPS) is 11.3. The molecule has 2 amide bonds. The second kappa shape index (κ2) is 12.7. The Kier molecular flexibility index (Phi) is 8.62. The van der Waals surface area contributed by atoms with Crippen molar-refractivity contribution in [1.29, 1.82) is 0 Å². The summed E-state index contributed by atoms with van der Waals surface area (Å²) in [5.74, 6) is -0.297. The summed E-state index contributed by atoms with van der Waals surface area (Å²) in [4.78, 5) is 37.4. The lowest BCUT2D eigenvalue weighted by atomic mass is 9.93. The van der Waals surface area contributed by atoms with E-state index in [0.29, 0.717) is 40.0 Å². The van der Waals surface area contributed by atoms with Crippen LogP contribution in [0.15, 0.2) is 95.4 Å². The van der Waals surface area contributed by atoms with E-state index < -0.39 is 0 Å². The zero-order chi connectivity index (χ0) is 30.5. The molecule has 0 saturated heterocycles. The standard InChI is InChI=1S/C36H31FN2O4/c1-22(2)21-39-35(41)30-19-25(11-15-29(30)27-8-4-6-23(18-27)7-5-17-40)26-12-16-32-31(20-26)33(36(42)38-3)34(43-32)24-9-13-28(37)14-10-24/h4-20,22H,21H2,1-3H3,(H,38,42)(H,39,41)/b7-5+. The van der Waals surface area contributed by atoms with Gasteiger partial charge in [0.15, 0.2) is 0 Å². The zero-order valence-electron chi connectivity index (χ0n) is 24.1. The number of carbonyl (C=O) groups excluding carboxylic acids is 3. The van der Waals surface area contributed by atoms with Crippen molar-refractivity contribution in [2.75, 3.05) is 13.6 Å². The Bertz CT molecular complexity index is 1850. The number of hydrogen-bond acceptors (Lipinski definition) is 4. The average molecular weight is 575 g/mol. The number of fused-ring (bicyclic) bond motifs is 1. The second-order valence-corrected chi connectivity index (χ2v) is 10.6. The first-order valence-corrected chi connectivity index (χ1v) is 14.0. The maximum Gasteiger partial charge on any atom is 0.255 e. The maximum absolute atomic E-state index is 13.6. The fourth-order valence-electron chi connectivity index (χ4n) is 4.95. The predicted octanol–water partition coefficient (Wildman–Crippen LogP) is 7.53. The van der Waals surface area contributed by atoms with Crippen molar-refractivity contribution in [1.82, 2.24) is 10.6 Å². The van der Waals surface area contributed by atoms with Crippen molar-refractivity contribution in [3.63, 3.8) is 0 Å². The fourth-order valence-corrected chi connectivity index (χ4v) is 4.95. The maximum atomic E-state index is 13.6. The van der Waals surface area contributed by atoms with E-state index in [4.69, 9.17) is 4.42 Å². The number of nitrogens with one attached hydrogen (secondary N) is 2. The Morgan fingerprint density at radius 1 is 0.860 bits per heavy atom. The molecule has 5 aromatic rings. The number of amides is 2. The van der Waals surface area contributed by atoms with Gasteiger partial charge < -0.3 is 15.1 Å². The molecule has 0 bridgehead atoms. The lowest BCUT2D eigenvalue weighted by molar-refractivity contribution is -0.104. The van der Waals surface area contributed by atoms with Crippen molar-refractivity contribution in [3.8, 4) is 33.6 Å². The van der Waals surface area contributed by atoms with Gasteiger partial charge in [-0.2, -0.15) is 0 Å². The summed E-state index contributed by atoms with van der Waals surface area (Å²) in [6.45, 7) is 4.59. The van der Waals surface area contributed by atoms with Gasteiger partial charge in [-0.1, -0.05) is 56.3 Å². The van der Waals surface area contributed by atoms with Crippen LogP contribution in [0, 0.1) is 11.7 Å². The van der Waals surface area contributed by atoms with E-state index in [1.54, 1.807) is 31.3 Å². The molecule has 0 aliphatic carbocycles. The highest BCUT2D eigenvalue weighted by atomic mass is 19.1. The number of furan rings is 1. The van der Waals surface area contributed by atoms with Crippen LogP contribution in [0.5, 0.6) is 0 Å². The molecule has 0 radical (unpaired) electrons. The van der Waals surface area contributed by atoms with Gasteiger partial charge in [0.2, 0.25) is 0 Å². The summed E-state index contributed by atoms with van der Waals surface area (Å²) in [6, 6.07) is 24.7. The largest absolute Gasteiger partial charge is 0.455 e. The van der Waals surface area contributed by atoms with E-state index >= 15 is 0 Å². The molecule has 1 aromatic heterocycles. The summed E-state index contributed by atoms with van der Waals surface area (Å²) in [5.41, 5.74) is 5.93. The monoisotopic (exact) mass is 574 g/mol. The number of rotatable bonds is 9. The van der Waals surface area contributed by atoms with E-state index in [1.807, 2.05) is 68.4 Å². The van der Waals surface area contributed by atoms with Gasteiger partial charge in [-0.3, -0.25) is 14.4 Å². The van der Waals surface area contributed by atoms with E-state index in [2.05, 4.69) is 10.6 Å². The number of aldehydes is 1. The topological polar surface area (TPSA) is 88.4 Å². The van der Waals surface area contributed by atoms with Gasteiger partial charge in [-0.05, 0) is 88.3 Å². The van der Waals surface area contributed by atoms with E-state index in [0.717, 1.165) is 34.1 Å². The molecule has 216 valence electrons. The first-order chi connectivity index (χ1) is 20.8. The molecule has 0 unspecified atom stereocenters. The van der Waals surface area contributed by atoms with Gasteiger partial charge in [-0.25, -0.2) is 4.39 Å². The summed E-state index contributed by atoms with van der Waals surface area (Å²) < 4.78 is 19.7. The molecular formula is C36H31FN2O4. The summed E-state index contributed by atoms with van der Waals surface area (Å²) in [5, 5.41) is 6.31. The molecule has 0 aliphatic rings. The average Bonchev–Trinajstić information content (AvgIpc) is 3.41. The van der Waals surface area contributed by atoms with Crippen molar-refractivity contribution in [2.45, 2.75) is 13.8 Å². The number of carbonyl (C=O) groups is 3. The molecule has 0 saturated carbocycles. The minimum atomic E-state index is -0.385. The third-order valence-electron chi connectivity index (χ3n) is 7.08. The molecule has 4 aromatic carbocycles. The van der Waals surface area contributed by atoms with Crippen LogP contribution in [0.2, 0.25) is 0 Å². The van der Waals surface area contributed by atoms with Gasteiger partial charge in [0.1, 0.15) is 23.4 Å². The van der Waals surface area contributed by atoms with Crippen LogP contribution in [-0.4, -0.2) is 31.7 Å². The lowest BCUT2D eigenvalue weighted by Crippen LogP contribution is -2.27. The van der Waals surface area contributed by atoms with Crippen molar-refractivity contribution in [3.05, 3.63) is 114 Å². The highest BCUT2D eigenvalue weighted by Gasteiger charge is 2.22. The van der Waals surface area contributed by atoms with Crippen molar-refractivity contribution >= 4 is 35.1 Å². The predicted molar refractivity (Wildman–Crippen MR) is 168 cm³/mol. The Morgan fingerprint density at radius 2 is 1.58 bits per heavy atom. The molecular weight excluding hydrogens is 543 g/mol. The molecule has 5 rings (SSSR count). The van der Waals surface area contributed by atoms with Crippen LogP contribution in [0.3, 0.4) is 0 Å². The molecule has 0 atom stereocenters. The fraction of sp³-hybridized carbons (Fsp3) is 0.139. The van der Waals surface area contributed by atoms with Crippen LogP contribution in [0.25, 0.3) is 50.6 Å². The van der Waals surface area contributed by atoms with Crippen LogP contribution in [-0.2, 0) is 4.79 Å². The Morgan fingerprint density at radius 3 is 2.30 bits per heavy atom. The minimum absolute atomic E-state index is 0.201. The van der Waals surface area contributed by atoms with Crippen LogP contribution >= 0.6 is 0 Å². The lowest BCUT2D eigenvalue weighted by Gasteiger charge is -2.14. The van der Waals surface area contributed by atoms with Crippen LogP contribution in [0.4, 0.5) is 4.39 Å². The molecule has 0 aliphatic heterocycles. The number of benzene rings is 4. The Balaban J connectivity index is 1.64. The van der Waals surface area contributed by atoms with Gasteiger partial charge in [0.05, 0.1) is 5.56 Å². The highest BCUT2D eigenvalue weighted by Crippen LogP contribution is 2.37. The Labute approximate surface area is 249 Å². The SMILES string of the molecule is CNC(=O)c1c(-c2ccc(F)cc2)oc2ccc(-c3ccc(-c4cccc(/C=C/C=O)c4)c(C(=O)NCC(C)C)c3)cc12. The quantitative estimate of drug-likeness (QED) is 0.141. The second-order valence-electron chi connectivity index (χ2n) is 10.6. The molecule has 1 heterocycles. The van der Waals surface area contributed by atoms with Crippen LogP contribution < -0.4 is 10.6 Å². The summed E-state index contributed by atoms with van der Waals surface area (Å²) in [7, 11) is 1.55.